The van der Waals surface area contributed by atoms with Crippen molar-refractivity contribution in [1.29, 1.82) is 0 Å². The van der Waals surface area contributed by atoms with Gasteiger partial charge in [-0.1, -0.05) is 6.08 Å². The van der Waals surface area contributed by atoms with Crippen LogP contribution < -0.4 is 10.2 Å². The van der Waals surface area contributed by atoms with Crippen LogP contribution in [0.15, 0.2) is 36.4 Å². The van der Waals surface area contributed by atoms with Gasteiger partial charge in [-0.2, -0.15) is 0 Å². The van der Waals surface area contributed by atoms with Crippen LogP contribution in [0.2, 0.25) is 0 Å². The SMILES string of the molecule is C=CCN1C(=O)C(=Cc2cc([N+](=O)[O-])ccc2N2CCCC2)C(=O)NC1=S. The van der Waals surface area contributed by atoms with Crippen LogP contribution in [0.5, 0.6) is 0 Å². The van der Waals surface area contributed by atoms with Gasteiger partial charge in [-0.3, -0.25) is 29.9 Å². The molecule has 2 saturated heterocycles. The van der Waals surface area contributed by atoms with Gasteiger partial charge in [-0.15, -0.1) is 6.58 Å². The molecule has 140 valence electrons. The summed E-state index contributed by atoms with van der Waals surface area (Å²) in [4.78, 5) is 39.0. The Morgan fingerprint density at radius 2 is 2.00 bits per heavy atom. The first-order chi connectivity index (χ1) is 12.9. The number of nitrogens with one attached hydrogen (secondary N) is 1. The maximum Gasteiger partial charge on any atom is 0.270 e. The Kier molecular flexibility index (Phi) is 5.31. The number of non-ortho nitro benzene ring substituents is 1. The number of hydrogen-bond donors (Lipinski definition) is 1. The first kappa shape index (κ1) is 18.7. The van der Waals surface area contributed by atoms with E-state index in [0.29, 0.717) is 5.56 Å². The molecule has 2 amide bonds. The predicted molar refractivity (Wildman–Crippen MR) is 105 cm³/mol. The molecule has 0 saturated carbocycles. The lowest BCUT2D eigenvalue weighted by molar-refractivity contribution is -0.384. The molecular weight excluding hydrogens is 368 g/mol. The van der Waals surface area contributed by atoms with E-state index in [1.807, 2.05) is 0 Å². The predicted octanol–water partition coefficient (Wildman–Crippen LogP) is 2.01. The van der Waals surface area contributed by atoms with Gasteiger partial charge in [0, 0.05) is 43.0 Å². The van der Waals surface area contributed by atoms with E-state index >= 15 is 0 Å². The largest absolute Gasteiger partial charge is 0.371 e. The summed E-state index contributed by atoms with van der Waals surface area (Å²) in [5.41, 5.74) is 0.990. The van der Waals surface area contributed by atoms with E-state index in [0.717, 1.165) is 31.6 Å². The van der Waals surface area contributed by atoms with Crippen molar-refractivity contribution in [1.82, 2.24) is 10.2 Å². The number of rotatable bonds is 5. The van der Waals surface area contributed by atoms with Crippen LogP contribution in [0.25, 0.3) is 6.08 Å². The number of nitrogens with zero attached hydrogens (tertiary/aromatic N) is 3. The molecule has 2 aliphatic rings. The number of carbonyl (C=O) groups excluding carboxylic acids is 2. The molecule has 1 N–H and O–H groups in total. The molecule has 0 aromatic heterocycles. The third-order valence-electron chi connectivity index (χ3n) is 4.47. The number of anilines is 1. The Balaban J connectivity index is 2.07. The van der Waals surface area contributed by atoms with Crippen LogP contribution in [-0.2, 0) is 9.59 Å². The molecular formula is C18H18N4O4S. The average molecular weight is 386 g/mol. The number of nitro groups is 1. The van der Waals surface area contributed by atoms with Gasteiger partial charge < -0.3 is 4.90 Å². The second-order valence-corrected chi connectivity index (χ2v) is 6.60. The number of benzene rings is 1. The van der Waals surface area contributed by atoms with Crippen molar-refractivity contribution < 1.29 is 14.5 Å². The molecule has 0 aliphatic carbocycles. The molecule has 2 heterocycles. The summed E-state index contributed by atoms with van der Waals surface area (Å²) in [7, 11) is 0. The number of thiocarbonyl (C=S) groups is 1. The van der Waals surface area contributed by atoms with Crippen LogP contribution in [0.3, 0.4) is 0 Å². The summed E-state index contributed by atoms with van der Waals surface area (Å²) in [5.74, 6) is -1.17. The van der Waals surface area contributed by atoms with Crippen LogP contribution >= 0.6 is 12.2 Å². The molecule has 1 aromatic rings. The van der Waals surface area contributed by atoms with E-state index in [9.17, 15) is 19.7 Å². The van der Waals surface area contributed by atoms with Gasteiger partial charge in [0.15, 0.2) is 5.11 Å². The van der Waals surface area contributed by atoms with Gasteiger partial charge in [0.1, 0.15) is 5.57 Å². The molecule has 8 nitrogen and oxygen atoms in total. The summed E-state index contributed by atoms with van der Waals surface area (Å²) < 4.78 is 0. The van der Waals surface area contributed by atoms with Crippen molar-refractivity contribution in [2.45, 2.75) is 12.8 Å². The van der Waals surface area contributed by atoms with Crippen LogP contribution in [0.4, 0.5) is 11.4 Å². The standard InChI is InChI=1S/C18H18N4O4S/c1-2-7-21-17(24)14(16(23)19-18(21)27)11-12-10-13(22(25)26)5-6-15(12)20-8-3-4-9-20/h2,5-6,10-11H,1,3-4,7-9H2,(H,19,23,27). The highest BCUT2D eigenvalue weighted by atomic mass is 32.1. The first-order valence-corrected chi connectivity index (χ1v) is 8.86. The molecule has 9 heteroatoms. The molecule has 27 heavy (non-hydrogen) atoms. The maximum absolute atomic E-state index is 12.7. The average Bonchev–Trinajstić information content (AvgIpc) is 3.16. The minimum absolute atomic E-state index is 0.0147. The number of amides is 2. The summed E-state index contributed by atoms with van der Waals surface area (Å²) >= 11 is 5.03. The highest BCUT2D eigenvalue weighted by Crippen LogP contribution is 2.30. The van der Waals surface area contributed by atoms with Crippen molar-refractivity contribution >= 4 is 46.6 Å². The van der Waals surface area contributed by atoms with Crippen LogP contribution in [-0.4, -0.2) is 46.4 Å². The normalized spacial score (nSPS) is 18.8. The molecule has 1 aromatic carbocycles. The smallest absolute Gasteiger partial charge is 0.270 e. The van der Waals surface area contributed by atoms with E-state index in [4.69, 9.17) is 12.2 Å². The molecule has 0 radical (unpaired) electrons. The zero-order valence-corrected chi connectivity index (χ0v) is 15.3. The van der Waals surface area contributed by atoms with Crippen molar-refractivity contribution in [3.63, 3.8) is 0 Å². The zero-order chi connectivity index (χ0) is 19.6. The van der Waals surface area contributed by atoms with E-state index in [-0.39, 0.29) is 22.9 Å². The number of nitro benzene ring substituents is 1. The van der Waals surface area contributed by atoms with Crippen molar-refractivity contribution in [3.8, 4) is 0 Å². The lowest BCUT2D eigenvalue weighted by atomic mass is 10.0. The highest BCUT2D eigenvalue weighted by molar-refractivity contribution is 7.80. The third kappa shape index (κ3) is 3.72. The molecule has 0 spiro atoms. The van der Waals surface area contributed by atoms with Crippen molar-refractivity contribution in [2.24, 2.45) is 0 Å². The highest BCUT2D eigenvalue weighted by Gasteiger charge is 2.33. The van der Waals surface area contributed by atoms with Gasteiger partial charge in [-0.05, 0) is 37.2 Å². The van der Waals surface area contributed by atoms with Crippen molar-refractivity contribution in [3.05, 3.63) is 52.1 Å². The van der Waals surface area contributed by atoms with Crippen LogP contribution in [0, 0.1) is 10.1 Å². The molecule has 3 rings (SSSR count). The quantitative estimate of drug-likeness (QED) is 0.208. The zero-order valence-electron chi connectivity index (χ0n) is 14.5. The monoisotopic (exact) mass is 386 g/mol. The lowest BCUT2D eigenvalue weighted by Gasteiger charge is -2.28. The minimum Gasteiger partial charge on any atom is -0.371 e. The second-order valence-electron chi connectivity index (χ2n) is 6.22. The van der Waals surface area contributed by atoms with Gasteiger partial charge in [0.2, 0.25) is 0 Å². The first-order valence-electron chi connectivity index (χ1n) is 8.45. The fraction of sp³-hybridized carbons (Fsp3) is 0.278. The van der Waals surface area contributed by atoms with E-state index < -0.39 is 16.7 Å². The third-order valence-corrected chi connectivity index (χ3v) is 4.79. The Morgan fingerprint density at radius 3 is 2.63 bits per heavy atom. The number of carbonyl (C=O) groups is 2. The molecule has 0 unspecified atom stereocenters. The number of hydrogen-bond acceptors (Lipinski definition) is 6. The Morgan fingerprint density at radius 1 is 1.30 bits per heavy atom. The summed E-state index contributed by atoms with van der Waals surface area (Å²) in [6, 6.07) is 4.47. The molecule has 0 bridgehead atoms. The minimum atomic E-state index is -0.621. The van der Waals surface area contributed by atoms with Gasteiger partial charge in [-0.25, -0.2) is 0 Å². The topological polar surface area (TPSA) is 95.8 Å². The van der Waals surface area contributed by atoms with E-state index in [1.54, 1.807) is 6.07 Å². The lowest BCUT2D eigenvalue weighted by Crippen LogP contribution is -2.53. The van der Waals surface area contributed by atoms with Gasteiger partial charge in [0.25, 0.3) is 17.5 Å². The summed E-state index contributed by atoms with van der Waals surface area (Å²) in [5, 5.41) is 13.7. The van der Waals surface area contributed by atoms with Crippen molar-refractivity contribution in [2.75, 3.05) is 24.5 Å². The maximum atomic E-state index is 12.7. The summed E-state index contributed by atoms with van der Waals surface area (Å²) in [6.45, 7) is 5.38. The fourth-order valence-electron chi connectivity index (χ4n) is 3.16. The van der Waals surface area contributed by atoms with E-state index in [2.05, 4.69) is 16.8 Å². The summed E-state index contributed by atoms with van der Waals surface area (Å²) in [6.07, 6.45) is 4.94. The molecule has 2 aliphatic heterocycles. The van der Waals surface area contributed by atoms with Gasteiger partial charge in [0.05, 0.1) is 4.92 Å². The van der Waals surface area contributed by atoms with Gasteiger partial charge >= 0.3 is 0 Å². The van der Waals surface area contributed by atoms with E-state index in [1.165, 1.54) is 29.2 Å². The fourth-order valence-corrected chi connectivity index (χ4v) is 3.41. The second kappa shape index (κ2) is 7.67. The molecule has 2 fully saturated rings. The van der Waals surface area contributed by atoms with Crippen LogP contribution in [0.1, 0.15) is 18.4 Å². The Labute approximate surface area is 161 Å². The Bertz CT molecular complexity index is 874. The molecule has 0 atom stereocenters. The Hall–Kier alpha value is -3.07.